The molecule has 1 heterocycles. The first-order valence-corrected chi connectivity index (χ1v) is 5.69. The van der Waals surface area contributed by atoms with E-state index in [-0.39, 0.29) is 5.38 Å². The minimum atomic E-state index is 0.195. The summed E-state index contributed by atoms with van der Waals surface area (Å²) in [7, 11) is 0. The summed E-state index contributed by atoms with van der Waals surface area (Å²) in [4.78, 5) is 0. The maximum atomic E-state index is 9.34. The lowest BCUT2D eigenvalue weighted by Gasteiger charge is -2.27. The van der Waals surface area contributed by atoms with E-state index < -0.39 is 0 Å². The van der Waals surface area contributed by atoms with Gasteiger partial charge in [0.05, 0.1) is 6.61 Å². The fourth-order valence-corrected chi connectivity index (χ4v) is 2.19. The van der Waals surface area contributed by atoms with Gasteiger partial charge in [0, 0.05) is 17.9 Å². The fourth-order valence-electron chi connectivity index (χ4n) is 1.94. The fraction of sp³-hybridized carbons (Fsp3) is 0.500. The molecule has 2 unspecified atom stereocenters. The van der Waals surface area contributed by atoms with Gasteiger partial charge < -0.3 is 9.84 Å². The minimum Gasteiger partial charge on any atom is -0.508 e. The van der Waals surface area contributed by atoms with Crippen LogP contribution in [0, 0.1) is 5.92 Å². The highest BCUT2D eigenvalue weighted by Crippen LogP contribution is 2.25. The molecular formula is C12H15ClO2. The van der Waals surface area contributed by atoms with Gasteiger partial charge in [-0.15, -0.1) is 11.6 Å². The lowest BCUT2D eigenvalue weighted by atomic mass is 9.93. The number of phenolic OH excluding ortho intramolecular Hbond substituents is 1. The van der Waals surface area contributed by atoms with E-state index in [0.29, 0.717) is 11.7 Å². The average molecular weight is 227 g/mol. The molecule has 1 aromatic carbocycles. The van der Waals surface area contributed by atoms with Gasteiger partial charge in [0.2, 0.25) is 0 Å². The maximum Gasteiger partial charge on any atom is 0.115 e. The van der Waals surface area contributed by atoms with Gasteiger partial charge in [0.1, 0.15) is 5.75 Å². The highest BCUT2D eigenvalue weighted by molar-refractivity contribution is 6.20. The van der Waals surface area contributed by atoms with Crippen LogP contribution in [0.15, 0.2) is 24.3 Å². The van der Waals surface area contributed by atoms with Crippen LogP contribution in [0.5, 0.6) is 5.75 Å². The molecule has 1 fully saturated rings. The second kappa shape index (κ2) is 4.86. The molecule has 0 saturated carbocycles. The molecule has 1 aliphatic heterocycles. The standard InChI is InChI=1S/C12H15ClO2/c13-12-4-5-15-8-10(12)6-9-2-1-3-11(14)7-9/h1-3,7,10,12,14H,4-6,8H2. The third-order valence-corrected chi connectivity index (χ3v) is 3.36. The molecule has 1 saturated heterocycles. The van der Waals surface area contributed by atoms with E-state index in [4.69, 9.17) is 16.3 Å². The summed E-state index contributed by atoms with van der Waals surface area (Å²) in [6, 6.07) is 7.34. The van der Waals surface area contributed by atoms with Crippen molar-refractivity contribution < 1.29 is 9.84 Å². The largest absolute Gasteiger partial charge is 0.508 e. The average Bonchev–Trinajstić information content (AvgIpc) is 2.22. The minimum absolute atomic E-state index is 0.195. The van der Waals surface area contributed by atoms with E-state index in [1.807, 2.05) is 12.1 Å². The molecule has 0 aromatic heterocycles. The number of aromatic hydroxyl groups is 1. The predicted molar refractivity (Wildman–Crippen MR) is 60.4 cm³/mol. The van der Waals surface area contributed by atoms with Crippen molar-refractivity contribution in [1.82, 2.24) is 0 Å². The van der Waals surface area contributed by atoms with Crippen molar-refractivity contribution in [1.29, 1.82) is 0 Å². The number of hydrogen-bond acceptors (Lipinski definition) is 2. The number of rotatable bonds is 2. The van der Waals surface area contributed by atoms with Gasteiger partial charge in [0.15, 0.2) is 0 Å². The molecule has 2 nitrogen and oxygen atoms in total. The Morgan fingerprint density at radius 3 is 3.07 bits per heavy atom. The molecule has 1 N–H and O–H groups in total. The number of hydrogen-bond donors (Lipinski definition) is 1. The predicted octanol–water partition coefficient (Wildman–Crippen LogP) is 2.58. The van der Waals surface area contributed by atoms with Crippen LogP contribution in [-0.2, 0) is 11.2 Å². The number of halogens is 1. The number of phenols is 1. The van der Waals surface area contributed by atoms with Gasteiger partial charge in [-0.05, 0) is 30.5 Å². The first kappa shape index (κ1) is 10.8. The Labute approximate surface area is 94.8 Å². The molecule has 82 valence electrons. The van der Waals surface area contributed by atoms with E-state index in [1.54, 1.807) is 12.1 Å². The summed E-state index contributed by atoms with van der Waals surface area (Å²) >= 11 is 6.23. The summed E-state index contributed by atoms with van der Waals surface area (Å²) in [6.45, 7) is 1.49. The van der Waals surface area contributed by atoms with Crippen LogP contribution < -0.4 is 0 Å². The second-order valence-corrected chi connectivity index (χ2v) is 4.57. The molecule has 0 amide bonds. The van der Waals surface area contributed by atoms with E-state index in [9.17, 15) is 5.11 Å². The molecule has 15 heavy (non-hydrogen) atoms. The highest BCUT2D eigenvalue weighted by atomic mass is 35.5. The van der Waals surface area contributed by atoms with Crippen molar-refractivity contribution in [2.45, 2.75) is 18.2 Å². The van der Waals surface area contributed by atoms with E-state index in [2.05, 4.69) is 0 Å². The lowest BCUT2D eigenvalue weighted by Crippen LogP contribution is -2.29. The zero-order valence-electron chi connectivity index (χ0n) is 8.53. The number of alkyl halides is 1. The Kier molecular flexibility index (Phi) is 3.49. The van der Waals surface area contributed by atoms with Gasteiger partial charge in [-0.3, -0.25) is 0 Å². The van der Waals surface area contributed by atoms with E-state index in [1.165, 1.54) is 0 Å². The van der Waals surface area contributed by atoms with Gasteiger partial charge in [-0.25, -0.2) is 0 Å². The van der Waals surface area contributed by atoms with Crippen LogP contribution in [0.4, 0.5) is 0 Å². The summed E-state index contributed by atoms with van der Waals surface area (Å²) in [5.74, 6) is 0.678. The summed E-state index contributed by atoms with van der Waals surface area (Å²) < 4.78 is 5.41. The number of ether oxygens (including phenoxy) is 1. The molecule has 0 radical (unpaired) electrons. The zero-order chi connectivity index (χ0) is 10.7. The summed E-state index contributed by atoms with van der Waals surface area (Å²) in [5.41, 5.74) is 1.12. The molecule has 1 aromatic rings. The van der Waals surface area contributed by atoms with E-state index >= 15 is 0 Å². The lowest BCUT2D eigenvalue weighted by molar-refractivity contribution is 0.0578. The molecule has 3 heteroatoms. The van der Waals surface area contributed by atoms with Crippen LogP contribution in [0.3, 0.4) is 0 Å². The Morgan fingerprint density at radius 1 is 1.47 bits per heavy atom. The second-order valence-electron chi connectivity index (χ2n) is 4.01. The maximum absolute atomic E-state index is 9.34. The monoisotopic (exact) mass is 226 g/mol. The molecule has 1 aliphatic rings. The Balaban J connectivity index is 2.01. The van der Waals surface area contributed by atoms with Crippen molar-refractivity contribution in [3.05, 3.63) is 29.8 Å². The first-order valence-electron chi connectivity index (χ1n) is 5.25. The summed E-state index contributed by atoms with van der Waals surface area (Å²) in [6.07, 6.45) is 1.80. The third-order valence-electron chi connectivity index (χ3n) is 2.79. The van der Waals surface area contributed by atoms with Gasteiger partial charge in [-0.1, -0.05) is 12.1 Å². The highest BCUT2D eigenvalue weighted by Gasteiger charge is 2.23. The van der Waals surface area contributed by atoms with E-state index in [0.717, 1.165) is 31.6 Å². The molecule has 2 rings (SSSR count). The Bertz CT molecular complexity index is 327. The molecular weight excluding hydrogens is 212 g/mol. The Morgan fingerprint density at radius 2 is 2.33 bits per heavy atom. The molecule has 2 atom stereocenters. The van der Waals surface area contributed by atoms with Crippen LogP contribution in [0.1, 0.15) is 12.0 Å². The van der Waals surface area contributed by atoms with Gasteiger partial charge in [-0.2, -0.15) is 0 Å². The van der Waals surface area contributed by atoms with Crippen LogP contribution >= 0.6 is 11.6 Å². The van der Waals surface area contributed by atoms with Crippen LogP contribution in [0.25, 0.3) is 0 Å². The van der Waals surface area contributed by atoms with Gasteiger partial charge >= 0.3 is 0 Å². The first-order chi connectivity index (χ1) is 7.25. The number of benzene rings is 1. The van der Waals surface area contributed by atoms with Crippen molar-refractivity contribution in [2.24, 2.45) is 5.92 Å². The van der Waals surface area contributed by atoms with Crippen molar-refractivity contribution >= 4 is 11.6 Å². The van der Waals surface area contributed by atoms with Crippen molar-refractivity contribution in [3.63, 3.8) is 0 Å². The SMILES string of the molecule is Oc1cccc(CC2COCCC2Cl)c1. The van der Waals surface area contributed by atoms with Crippen LogP contribution in [0.2, 0.25) is 0 Å². The van der Waals surface area contributed by atoms with Crippen molar-refractivity contribution in [3.8, 4) is 5.75 Å². The molecule has 0 aliphatic carbocycles. The van der Waals surface area contributed by atoms with Crippen LogP contribution in [-0.4, -0.2) is 23.7 Å². The smallest absolute Gasteiger partial charge is 0.115 e. The quantitative estimate of drug-likeness (QED) is 0.786. The topological polar surface area (TPSA) is 29.5 Å². The normalized spacial score (nSPS) is 26.5. The Hall–Kier alpha value is -0.730. The zero-order valence-corrected chi connectivity index (χ0v) is 9.28. The summed E-state index contributed by atoms with van der Waals surface area (Å²) in [5, 5.41) is 9.54. The molecule has 0 spiro atoms. The third kappa shape index (κ3) is 2.86. The van der Waals surface area contributed by atoms with Gasteiger partial charge in [0.25, 0.3) is 0 Å². The van der Waals surface area contributed by atoms with Crippen molar-refractivity contribution in [2.75, 3.05) is 13.2 Å². The molecule has 0 bridgehead atoms.